The molecule has 2 aromatic carbocycles. The molecule has 6 heteroatoms. The Balaban J connectivity index is 1.80. The summed E-state index contributed by atoms with van der Waals surface area (Å²) in [6.07, 6.45) is 1.34. The lowest BCUT2D eigenvalue weighted by atomic mass is 9.95. The topological polar surface area (TPSA) is 58.2 Å². The fourth-order valence-corrected chi connectivity index (χ4v) is 2.68. The smallest absolute Gasteiger partial charge is 0.235 e. The predicted molar refractivity (Wildman–Crippen MR) is 86.6 cm³/mol. The lowest BCUT2D eigenvalue weighted by Crippen LogP contribution is -2.27. The minimum Gasteiger partial charge on any atom is -0.325 e. The Morgan fingerprint density at radius 3 is 2.25 bits per heavy atom. The van der Waals surface area contributed by atoms with Gasteiger partial charge >= 0.3 is 0 Å². The molecule has 0 heterocycles. The zero-order valence-corrected chi connectivity index (χ0v) is 13.0. The average Bonchev–Trinajstić information content (AvgIpc) is 3.32. The van der Waals surface area contributed by atoms with Crippen molar-refractivity contribution < 1.29 is 18.4 Å². The molecule has 124 valence electrons. The number of carbonyl (C=O) groups excluding carboxylic acids is 2. The quantitative estimate of drug-likeness (QED) is 0.900. The molecule has 1 aliphatic carbocycles. The van der Waals surface area contributed by atoms with Crippen LogP contribution in [0.15, 0.2) is 42.5 Å². The fraction of sp³-hybridized carbons (Fsp3) is 0.222. The van der Waals surface area contributed by atoms with E-state index < -0.39 is 17.1 Å². The lowest BCUT2D eigenvalue weighted by Gasteiger charge is -2.16. The van der Waals surface area contributed by atoms with Gasteiger partial charge in [0.1, 0.15) is 11.6 Å². The van der Waals surface area contributed by atoms with Crippen molar-refractivity contribution >= 4 is 23.2 Å². The summed E-state index contributed by atoms with van der Waals surface area (Å²) in [5, 5.41) is 5.12. The highest BCUT2D eigenvalue weighted by Gasteiger charge is 2.51. The van der Waals surface area contributed by atoms with E-state index in [9.17, 15) is 18.4 Å². The summed E-state index contributed by atoms with van der Waals surface area (Å²) in [6.45, 7) is 1.28. The largest absolute Gasteiger partial charge is 0.325 e. The third-order valence-electron chi connectivity index (χ3n) is 4.12. The molecule has 2 aromatic rings. The van der Waals surface area contributed by atoms with Gasteiger partial charge in [0, 0.05) is 12.6 Å². The van der Waals surface area contributed by atoms with E-state index in [4.69, 9.17) is 0 Å². The van der Waals surface area contributed by atoms with E-state index in [0.717, 1.165) is 5.56 Å². The van der Waals surface area contributed by atoms with E-state index in [0.29, 0.717) is 18.5 Å². The summed E-state index contributed by atoms with van der Waals surface area (Å²) in [5.74, 6) is -1.56. The average molecular weight is 330 g/mol. The van der Waals surface area contributed by atoms with E-state index in [2.05, 4.69) is 10.6 Å². The molecule has 0 spiro atoms. The second-order valence-electron chi connectivity index (χ2n) is 5.92. The fourth-order valence-electron chi connectivity index (χ4n) is 2.68. The Bertz CT molecular complexity index is 799. The normalized spacial score (nSPS) is 14.8. The molecule has 24 heavy (non-hydrogen) atoms. The first-order chi connectivity index (χ1) is 11.4. The van der Waals surface area contributed by atoms with Crippen molar-refractivity contribution in [1.29, 1.82) is 0 Å². The Morgan fingerprint density at radius 2 is 1.67 bits per heavy atom. The molecule has 0 aliphatic heterocycles. The van der Waals surface area contributed by atoms with Gasteiger partial charge in [-0.15, -0.1) is 0 Å². The molecular formula is C18H16F2N2O2. The van der Waals surface area contributed by atoms with Gasteiger partial charge in [-0.25, -0.2) is 8.78 Å². The Hall–Kier alpha value is -2.76. The van der Waals surface area contributed by atoms with Gasteiger partial charge in [0.15, 0.2) is 0 Å². The summed E-state index contributed by atoms with van der Waals surface area (Å²) in [6, 6.07) is 9.85. The van der Waals surface area contributed by atoms with Crippen LogP contribution in [0.2, 0.25) is 0 Å². The van der Waals surface area contributed by atoms with Crippen LogP contribution in [-0.2, 0) is 15.0 Å². The van der Waals surface area contributed by atoms with Crippen molar-refractivity contribution in [2.45, 2.75) is 25.2 Å². The minimum absolute atomic E-state index is 0.00642. The van der Waals surface area contributed by atoms with Crippen molar-refractivity contribution in [2.75, 3.05) is 10.6 Å². The Labute approximate surface area is 137 Å². The van der Waals surface area contributed by atoms with Crippen molar-refractivity contribution in [3.05, 3.63) is 59.7 Å². The number of hydrogen-bond donors (Lipinski definition) is 2. The van der Waals surface area contributed by atoms with E-state index in [1.54, 1.807) is 12.1 Å². The van der Waals surface area contributed by atoms with Crippen molar-refractivity contribution in [2.24, 2.45) is 0 Å². The second kappa shape index (κ2) is 6.03. The maximum absolute atomic E-state index is 13.7. The molecule has 3 rings (SSSR count). The zero-order chi connectivity index (χ0) is 17.3. The summed E-state index contributed by atoms with van der Waals surface area (Å²) in [7, 11) is 0. The number of nitrogens with one attached hydrogen (secondary N) is 2. The summed E-state index contributed by atoms with van der Waals surface area (Å²) < 4.78 is 26.7. The molecule has 2 amide bonds. The molecule has 4 nitrogen and oxygen atoms in total. The van der Waals surface area contributed by atoms with Crippen LogP contribution in [0.4, 0.5) is 20.2 Å². The Kier molecular flexibility index (Phi) is 4.05. The van der Waals surface area contributed by atoms with Crippen molar-refractivity contribution in [3.8, 4) is 0 Å². The van der Waals surface area contributed by atoms with Crippen LogP contribution in [0.25, 0.3) is 0 Å². The van der Waals surface area contributed by atoms with Gasteiger partial charge in [0.05, 0.1) is 11.1 Å². The number of benzene rings is 2. The molecule has 1 saturated carbocycles. The summed E-state index contributed by atoms with van der Waals surface area (Å²) >= 11 is 0. The van der Waals surface area contributed by atoms with Gasteiger partial charge in [-0.3, -0.25) is 9.59 Å². The first-order valence-corrected chi connectivity index (χ1v) is 7.55. The van der Waals surface area contributed by atoms with Gasteiger partial charge in [-0.1, -0.05) is 12.1 Å². The van der Waals surface area contributed by atoms with Crippen LogP contribution < -0.4 is 10.6 Å². The van der Waals surface area contributed by atoms with Crippen LogP contribution in [0.5, 0.6) is 0 Å². The van der Waals surface area contributed by atoms with Gasteiger partial charge < -0.3 is 10.6 Å². The number of halogens is 2. The molecule has 1 aliphatic rings. The number of hydrogen-bond acceptors (Lipinski definition) is 2. The van der Waals surface area contributed by atoms with Crippen LogP contribution >= 0.6 is 0 Å². The van der Waals surface area contributed by atoms with E-state index in [-0.39, 0.29) is 17.4 Å². The molecule has 2 N–H and O–H groups in total. The van der Waals surface area contributed by atoms with Crippen LogP contribution in [0.3, 0.4) is 0 Å². The van der Waals surface area contributed by atoms with Crippen molar-refractivity contribution in [1.82, 2.24) is 0 Å². The molecular weight excluding hydrogens is 314 g/mol. The molecule has 0 aromatic heterocycles. The first-order valence-electron chi connectivity index (χ1n) is 7.55. The third kappa shape index (κ3) is 3.13. The van der Waals surface area contributed by atoms with Crippen LogP contribution in [0, 0.1) is 11.6 Å². The van der Waals surface area contributed by atoms with Gasteiger partial charge in [-0.05, 0) is 48.7 Å². The zero-order valence-electron chi connectivity index (χ0n) is 13.0. The van der Waals surface area contributed by atoms with Gasteiger partial charge in [0.25, 0.3) is 0 Å². The van der Waals surface area contributed by atoms with Crippen LogP contribution in [-0.4, -0.2) is 11.8 Å². The van der Waals surface area contributed by atoms with Gasteiger partial charge in [-0.2, -0.15) is 0 Å². The maximum atomic E-state index is 13.7. The van der Waals surface area contributed by atoms with E-state index in [1.807, 2.05) is 0 Å². The molecule has 0 unspecified atom stereocenters. The SMILES string of the molecule is CC(=O)Nc1cc(NC(=O)C2(c3ccc(F)cc3)CC2)ccc1F. The molecule has 0 atom stereocenters. The van der Waals surface area contributed by atoms with Gasteiger partial charge in [0.2, 0.25) is 11.8 Å². The Morgan fingerprint density at radius 1 is 1.00 bits per heavy atom. The molecule has 0 radical (unpaired) electrons. The second-order valence-corrected chi connectivity index (χ2v) is 5.92. The van der Waals surface area contributed by atoms with Crippen molar-refractivity contribution in [3.63, 3.8) is 0 Å². The standard InChI is InChI=1S/C18H16F2N2O2/c1-11(23)21-16-10-14(6-7-15(16)20)22-17(24)18(8-9-18)12-2-4-13(19)5-3-12/h2-7,10H,8-9H2,1H3,(H,21,23)(H,22,24). The third-order valence-corrected chi connectivity index (χ3v) is 4.12. The lowest BCUT2D eigenvalue weighted by molar-refractivity contribution is -0.118. The molecule has 0 bridgehead atoms. The number of anilines is 2. The maximum Gasteiger partial charge on any atom is 0.235 e. The van der Waals surface area contributed by atoms with E-state index >= 15 is 0 Å². The summed E-state index contributed by atoms with van der Waals surface area (Å²) in [5.41, 5.74) is 0.479. The van der Waals surface area contributed by atoms with Crippen LogP contribution in [0.1, 0.15) is 25.3 Å². The number of carbonyl (C=O) groups is 2. The number of amides is 2. The monoisotopic (exact) mass is 330 g/mol. The molecule has 0 saturated heterocycles. The highest BCUT2D eigenvalue weighted by atomic mass is 19.1. The highest BCUT2D eigenvalue weighted by molar-refractivity contribution is 6.02. The first kappa shape index (κ1) is 16.1. The predicted octanol–water partition coefficient (Wildman–Crippen LogP) is 3.59. The van der Waals surface area contributed by atoms with E-state index in [1.165, 1.54) is 37.3 Å². The summed E-state index contributed by atoms with van der Waals surface area (Å²) in [4.78, 5) is 23.7. The number of rotatable bonds is 4. The highest BCUT2D eigenvalue weighted by Crippen LogP contribution is 2.49. The minimum atomic E-state index is -0.670. The molecule has 1 fully saturated rings.